The van der Waals surface area contributed by atoms with Gasteiger partial charge in [-0.25, -0.2) is 18.4 Å². The standard InChI is InChI=1S/C17H16FN3O2S/c18-10-14-9-16(12-4-2-1-3-5-12)21(20-14)15-6-7-17(24(19)23)13(8-15)11-22/h1-9,22H,10-11,19H2. The van der Waals surface area contributed by atoms with Gasteiger partial charge in [0.2, 0.25) is 0 Å². The third-order valence-electron chi connectivity index (χ3n) is 3.64. The number of aliphatic hydroxyl groups excluding tert-OH is 1. The molecule has 5 nitrogen and oxygen atoms in total. The number of nitrogens with two attached hydrogens (primary N) is 1. The molecule has 2 aromatic carbocycles. The first-order valence-electron chi connectivity index (χ1n) is 7.24. The fourth-order valence-electron chi connectivity index (χ4n) is 2.52. The van der Waals surface area contributed by atoms with Gasteiger partial charge in [0, 0.05) is 5.56 Å². The van der Waals surface area contributed by atoms with E-state index < -0.39 is 17.7 Å². The molecule has 24 heavy (non-hydrogen) atoms. The second kappa shape index (κ2) is 7.04. The van der Waals surface area contributed by atoms with Gasteiger partial charge in [-0.2, -0.15) is 5.10 Å². The first-order chi connectivity index (χ1) is 11.6. The maximum atomic E-state index is 13.1. The number of aromatic nitrogens is 2. The summed E-state index contributed by atoms with van der Waals surface area (Å²) in [5.41, 5.74) is 3.01. The zero-order chi connectivity index (χ0) is 17.1. The molecular formula is C17H16FN3O2S. The Balaban J connectivity index is 2.16. The van der Waals surface area contributed by atoms with Crippen molar-refractivity contribution in [3.8, 4) is 16.9 Å². The van der Waals surface area contributed by atoms with E-state index in [0.29, 0.717) is 21.8 Å². The van der Waals surface area contributed by atoms with E-state index in [1.165, 1.54) is 0 Å². The van der Waals surface area contributed by atoms with Crippen LogP contribution in [-0.2, 0) is 24.3 Å². The van der Waals surface area contributed by atoms with E-state index in [4.69, 9.17) is 5.14 Å². The maximum Gasteiger partial charge on any atom is 0.133 e. The lowest BCUT2D eigenvalue weighted by atomic mass is 10.1. The highest BCUT2D eigenvalue weighted by molar-refractivity contribution is 7.82. The second-order valence-electron chi connectivity index (χ2n) is 5.18. The molecule has 0 spiro atoms. The zero-order valence-corrected chi connectivity index (χ0v) is 13.5. The van der Waals surface area contributed by atoms with Gasteiger partial charge >= 0.3 is 0 Å². The Kier molecular flexibility index (Phi) is 4.84. The van der Waals surface area contributed by atoms with Gasteiger partial charge in [0.05, 0.1) is 28.6 Å². The molecule has 0 aliphatic carbocycles. The summed E-state index contributed by atoms with van der Waals surface area (Å²) in [5, 5.41) is 19.2. The summed E-state index contributed by atoms with van der Waals surface area (Å²) in [6.45, 7) is -0.978. The number of hydrogen-bond donors (Lipinski definition) is 2. The molecule has 0 fully saturated rings. The normalized spacial score (nSPS) is 12.3. The summed E-state index contributed by atoms with van der Waals surface area (Å²) < 4.78 is 26.2. The van der Waals surface area contributed by atoms with Crippen molar-refractivity contribution < 1.29 is 13.7 Å². The molecule has 0 aliphatic heterocycles. The topological polar surface area (TPSA) is 81.1 Å². The number of nitrogens with zero attached hydrogens (tertiary/aromatic N) is 2. The lowest BCUT2D eigenvalue weighted by Gasteiger charge is -2.11. The van der Waals surface area contributed by atoms with Crippen LogP contribution in [0.1, 0.15) is 11.3 Å². The molecule has 7 heteroatoms. The predicted molar refractivity (Wildman–Crippen MR) is 90.3 cm³/mol. The molecule has 3 rings (SSSR count). The summed E-state index contributed by atoms with van der Waals surface area (Å²) in [6.07, 6.45) is 0. The monoisotopic (exact) mass is 345 g/mol. The molecule has 3 aromatic rings. The van der Waals surface area contributed by atoms with E-state index >= 15 is 0 Å². The number of rotatable bonds is 5. The third kappa shape index (κ3) is 3.14. The molecule has 1 aromatic heterocycles. The van der Waals surface area contributed by atoms with Crippen molar-refractivity contribution in [2.75, 3.05) is 0 Å². The molecule has 0 saturated carbocycles. The number of hydrogen-bond acceptors (Lipinski definition) is 3. The lowest BCUT2D eigenvalue weighted by Crippen LogP contribution is -2.08. The fraction of sp³-hybridized carbons (Fsp3) is 0.118. The molecule has 124 valence electrons. The highest BCUT2D eigenvalue weighted by Gasteiger charge is 2.14. The van der Waals surface area contributed by atoms with E-state index in [1.54, 1.807) is 28.9 Å². The SMILES string of the molecule is NS(=O)c1ccc(-n2nc(CF)cc2-c2ccccc2)cc1CO. The molecule has 0 aliphatic rings. The van der Waals surface area contributed by atoms with E-state index in [9.17, 15) is 13.7 Å². The van der Waals surface area contributed by atoms with Crippen molar-refractivity contribution in [2.45, 2.75) is 18.2 Å². The Morgan fingerprint density at radius 2 is 1.92 bits per heavy atom. The van der Waals surface area contributed by atoms with Gasteiger partial charge < -0.3 is 5.11 Å². The number of benzene rings is 2. The summed E-state index contributed by atoms with van der Waals surface area (Å²) in [6, 6.07) is 16.1. The van der Waals surface area contributed by atoms with Crippen molar-refractivity contribution in [2.24, 2.45) is 5.14 Å². The summed E-state index contributed by atoms with van der Waals surface area (Å²) in [5.74, 6) is 0. The van der Waals surface area contributed by atoms with Gasteiger partial charge in [0.1, 0.15) is 17.7 Å². The number of alkyl halides is 1. The molecule has 0 saturated heterocycles. The van der Waals surface area contributed by atoms with Crippen LogP contribution in [0.5, 0.6) is 0 Å². The number of halogens is 1. The molecular weight excluding hydrogens is 329 g/mol. The van der Waals surface area contributed by atoms with E-state index in [0.717, 1.165) is 11.3 Å². The third-order valence-corrected chi connectivity index (χ3v) is 4.47. The smallest absolute Gasteiger partial charge is 0.133 e. The van der Waals surface area contributed by atoms with Gasteiger partial charge in [-0.15, -0.1) is 0 Å². The van der Waals surface area contributed by atoms with Gasteiger partial charge in [-0.3, -0.25) is 0 Å². The van der Waals surface area contributed by atoms with Crippen LogP contribution in [0.15, 0.2) is 59.5 Å². The van der Waals surface area contributed by atoms with Crippen LogP contribution in [0, 0.1) is 0 Å². The minimum atomic E-state index is -1.69. The van der Waals surface area contributed by atoms with E-state index in [1.807, 2.05) is 30.3 Å². The molecule has 3 N–H and O–H groups in total. The highest BCUT2D eigenvalue weighted by Crippen LogP contribution is 2.26. The summed E-state index contributed by atoms with van der Waals surface area (Å²) in [7, 11) is -1.69. The second-order valence-corrected chi connectivity index (χ2v) is 6.21. The van der Waals surface area contributed by atoms with E-state index in [-0.39, 0.29) is 6.61 Å². The minimum Gasteiger partial charge on any atom is -0.392 e. The van der Waals surface area contributed by atoms with Crippen molar-refractivity contribution in [1.29, 1.82) is 0 Å². The minimum absolute atomic E-state index is 0.302. The van der Waals surface area contributed by atoms with Gasteiger partial charge in [0.25, 0.3) is 0 Å². The fourth-order valence-corrected chi connectivity index (χ4v) is 3.11. The van der Waals surface area contributed by atoms with Crippen molar-refractivity contribution in [3.63, 3.8) is 0 Å². The first-order valence-corrected chi connectivity index (χ1v) is 8.46. The van der Waals surface area contributed by atoms with Crippen LogP contribution in [0.3, 0.4) is 0 Å². The molecule has 1 unspecified atom stereocenters. The Morgan fingerprint density at radius 3 is 2.54 bits per heavy atom. The van der Waals surface area contributed by atoms with Crippen LogP contribution in [-0.4, -0.2) is 19.1 Å². The van der Waals surface area contributed by atoms with Crippen LogP contribution < -0.4 is 5.14 Å². The number of aliphatic hydroxyl groups is 1. The molecule has 0 radical (unpaired) electrons. The van der Waals surface area contributed by atoms with Gasteiger partial charge in [0.15, 0.2) is 0 Å². The predicted octanol–water partition coefficient (Wildman–Crippen LogP) is 2.48. The van der Waals surface area contributed by atoms with Gasteiger partial charge in [-0.05, 0) is 29.8 Å². The van der Waals surface area contributed by atoms with Crippen LogP contribution in [0.25, 0.3) is 16.9 Å². The Morgan fingerprint density at radius 1 is 1.17 bits per heavy atom. The highest BCUT2D eigenvalue weighted by atomic mass is 32.2. The average Bonchev–Trinajstić information content (AvgIpc) is 3.06. The van der Waals surface area contributed by atoms with Crippen molar-refractivity contribution in [3.05, 3.63) is 65.9 Å². The molecule has 0 bridgehead atoms. The largest absolute Gasteiger partial charge is 0.392 e. The quantitative estimate of drug-likeness (QED) is 0.745. The Bertz CT molecular complexity index is 881. The molecule has 1 heterocycles. The Hall–Kier alpha value is -2.35. The van der Waals surface area contributed by atoms with Crippen LogP contribution >= 0.6 is 0 Å². The van der Waals surface area contributed by atoms with Crippen LogP contribution in [0.4, 0.5) is 4.39 Å². The van der Waals surface area contributed by atoms with Crippen molar-refractivity contribution >= 4 is 11.0 Å². The molecule has 0 amide bonds. The maximum absolute atomic E-state index is 13.1. The Labute approximate surface area is 141 Å². The van der Waals surface area contributed by atoms with Crippen LogP contribution in [0.2, 0.25) is 0 Å². The molecule has 1 atom stereocenters. The summed E-state index contributed by atoms with van der Waals surface area (Å²) >= 11 is 0. The van der Waals surface area contributed by atoms with Crippen molar-refractivity contribution in [1.82, 2.24) is 9.78 Å². The zero-order valence-electron chi connectivity index (χ0n) is 12.7. The van der Waals surface area contributed by atoms with Gasteiger partial charge in [-0.1, -0.05) is 30.3 Å². The lowest BCUT2D eigenvalue weighted by molar-refractivity contribution is 0.278. The summed E-state index contributed by atoms with van der Waals surface area (Å²) in [4.78, 5) is 0.361. The van der Waals surface area contributed by atoms with E-state index in [2.05, 4.69) is 5.10 Å². The first kappa shape index (κ1) is 16.5. The average molecular weight is 345 g/mol.